The predicted molar refractivity (Wildman–Crippen MR) is 83.0 cm³/mol. The largest absolute Gasteiger partial charge is 0.461 e. The van der Waals surface area contributed by atoms with Crippen molar-refractivity contribution in [2.45, 2.75) is 51.6 Å². The molecule has 0 bridgehead atoms. The van der Waals surface area contributed by atoms with Crippen LogP contribution in [0.4, 0.5) is 0 Å². The zero-order chi connectivity index (χ0) is 19.4. The number of likely N-dealkylation sites (tertiary alicyclic amines) is 2. The van der Waals surface area contributed by atoms with E-state index in [4.69, 9.17) is 9.47 Å². The van der Waals surface area contributed by atoms with Gasteiger partial charge in [0.15, 0.2) is 0 Å². The molecule has 2 aliphatic rings. The molecule has 2 rings (SSSR count). The molecule has 0 aliphatic carbocycles. The molecule has 142 valence electrons. The number of ether oxygens (including phenoxy) is 2. The Morgan fingerprint density at radius 3 is 1.27 bits per heavy atom. The second-order valence-corrected chi connectivity index (χ2v) is 6.00. The van der Waals surface area contributed by atoms with Crippen molar-refractivity contribution in [2.75, 3.05) is 13.2 Å². The summed E-state index contributed by atoms with van der Waals surface area (Å²) in [5.41, 5.74) is 0. The predicted octanol–water partition coefficient (Wildman–Crippen LogP) is -0.852. The van der Waals surface area contributed by atoms with E-state index in [1.54, 1.807) is 0 Å². The smallest absolute Gasteiger partial charge is 0.329 e. The number of carbonyl (C=O) groups excluding carboxylic acids is 6. The van der Waals surface area contributed by atoms with Gasteiger partial charge in [0.2, 0.25) is 23.6 Å². The summed E-state index contributed by atoms with van der Waals surface area (Å²) < 4.78 is 9.80. The van der Waals surface area contributed by atoms with E-state index in [0.717, 1.165) is 9.80 Å². The van der Waals surface area contributed by atoms with Crippen molar-refractivity contribution in [1.29, 1.82) is 0 Å². The molecular formula is C16H20N2O8. The zero-order valence-electron chi connectivity index (χ0n) is 14.6. The van der Waals surface area contributed by atoms with E-state index in [1.807, 2.05) is 0 Å². The topological polar surface area (TPSA) is 127 Å². The molecule has 2 heterocycles. The van der Waals surface area contributed by atoms with Gasteiger partial charge < -0.3 is 9.47 Å². The Labute approximate surface area is 149 Å². The number of hydrogen-bond acceptors (Lipinski definition) is 8. The Morgan fingerprint density at radius 1 is 0.731 bits per heavy atom. The van der Waals surface area contributed by atoms with Gasteiger partial charge in [-0.15, -0.1) is 0 Å². The van der Waals surface area contributed by atoms with E-state index >= 15 is 0 Å². The lowest BCUT2D eigenvalue weighted by atomic mass is 10.3. The van der Waals surface area contributed by atoms with E-state index in [9.17, 15) is 28.8 Å². The number of carbonyl (C=O) groups is 6. The van der Waals surface area contributed by atoms with Crippen LogP contribution >= 0.6 is 0 Å². The normalized spacial score (nSPS) is 19.8. The van der Waals surface area contributed by atoms with Gasteiger partial charge in [-0.25, -0.2) is 9.59 Å². The molecule has 0 saturated carbocycles. The number of hydrogen-bond donors (Lipinski definition) is 0. The maximum atomic E-state index is 11.9. The third-order valence-corrected chi connectivity index (χ3v) is 4.21. The maximum Gasteiger partial charge on any atom is 0.329 e. The van der Waals surface area contributed by atoms with Gasteiger partial charge in [0.05, 0.1) is 0 Å². The van der Waals surface area contributed by atoms with E-state index < -0.39 is 47.7 Å². The average molecular weight is 368 g/mol. The fraction of sp³-hybridized carbons (Fsp3) is 0.625. The first kappa shape index (κ1) is 19.5. The average Bonchev–Trinajstić information content (AvgIpc) is 3.11. The zero-order valence-corrected chi connectivity index (χ0v) is 14.6. The highest BCUT2D eigenvalue weighted by Crippen LogP contribution is 2.17. The molecule has 10 nitrogen and oxygen atoms in total. The first-order chi connectivity index (χ1) is 12.2. The molecule has 26 heavy (non-hydrogen) atoms. The minimum atomic E-state index is -1.05. The lowest BCUT2D eigenvalue weighted by molar-refractivity contribution is -0.163. The molecule has 10 heteroatoms. The minimum absolute atomic E-state index is 0.0693. The van der Waals surface area contributed by atoms with Crippen molar-refractivity contribution < 1.29 is 38.2 Å². The fourth-order valence-electron chi connectivity index (χ4n) is 2.79. The fourth-order valence-corrected chi connectivity index (χ4v) is 2.79. The molecule has 0 radical (unpaired) electrons. The van der Waals surface area contributed by atoms with Crippen molar-refractivity contribution in [2.24, 2.45) is 0 Å². The SMILES string of the molecule is CC(C(=O)OCCOC(=O)C(C)N1C(=O)CCC1=O)N1C(=O)CCC1=O. The molecule has 2 atom stereocenters. The summed E-state index contributed by atoms with van der Waals surface area (Å²) in [5, 5.41) is 0. The maximum absolute atomic E-state index is 11.9. The Balaban J connectivity index is 1.74. The van der Waals surface area contributed by atoms with Crippen molar-refractivity contribution in [3.8, 4) is 0 Å². The number of esters is 2. The van der Waals surface area contributed by atoms with Gasteiger partial charge >= 0.3 is 11.9 Å². The molecule has 0 aromatic carbocycles. The van der Waals surface area contributed by atoms with Gasteiger partial charge in [-0.1, -0.05) is 0 Å². The van der Waals surface area contributed by atoms with Gasteiger partial charge in [0.25, 0.3) is 0 Å². The molecule has 2 unspecified atom stereocenters. The second kappa shape index (κ2) is 8.07. The van der Waals surface area contributed by atoms with Crippen LogP contribution in [0.1, 0.15) is 39.5 Å². The van der Waals surface area contributed by atoms with Crippen LogP contribution in [-0.4, -0.2) is 70.7 Å². The molecule has 2 aliphatic heterocycles. The Bertz CT molecular complexity index is 571. The van der Waals surface area contributed by atoms with Crippen LogP contribution in [0.2, 0.25) is 0 Å². The van der Waals surface area contributed by atoms with Crippen LogP contribution in [0.15, 0.2) is 0 Å². The number of imide groups is 2. The standard InChI is InChI=1S/C16H20N2O8/c1-9(17-11(19)3-4-12(17)20)15(23)25-7-8-26-16(24)10(2)18-13(21)5-6-14(18)22/h9-10H,3-8H2,1-2H3. The van der Waals surface area contributed by atoms with E-state index in [-0.39, 0.29) is 38.9 Å². The summed E-state index contributed by atoms with van der Waals surface area (Å²) in [6, 6.07) is -2.10. The third kappa shape index (κ3) is 4.06. The van der Waals surface area contributed by atoms with Crippen LogP contribution in [0, 0.1) is 0 Å². The summed E-state index contributed by atoms with van der Waals surface area (Å²) in [6.07, 6.45) is 0.277. The van der Waals surface area contributed by atoms with E-state index in [1.165, 1.54) is 13.8 Å². The van der Waals surface area contributed by atoms with Crippen molar-refractivity contribution in [1.82, 2.24) is 9.80 Å². The summed E-state index contributed by atoms with van der Waals surface area (Å²) in [7, 11) is 0. The molecule has 2 saturated heterocycles. The Morgan fingerprint density at radius 2 is 1.00 bits per heavy atom. The van der Waals surface area contributed by atoms with Crippen molar-refractivity contribution >= 4 is 35.6 Å². The highest BCUT2D eigenvalue weighted by molar-refractivity contribution is 6.05. The van der Waals surface area contributed by atoms with Gasteiger partial charge in [-0.2, -0.15) is 0 Å². The highest BCUT2D eigenvalue weighted by Gasteiger charge is 2.38. The molecule has 0 spiro atoms. The molecule has 0 aromatic rings. The van der Waals surface area contributed by atoms with Crippen LogP contribution in [0.25, 0.3) is 0 Å². The third-order valence-electron chi connectivity index (χ3n) is 4.21. The minimum Gasteiger partial charge on any atom is -0.461 e. The van der Waals surface area contributed by atoms with Crippen molar-refractivity contribution in [3.63, 3.8) is 0 Å². The van der Waals surface area contributed by atoms with Gasteiger partial charge in [-0.3, -0.25) is 29.0 Å². The van der Waals surface area contributed by atoms with Crippen molar-refractivity contribution in [3.05, 3.63) is 0 Å². The van der Waals surface area contributed by atoms with Gasteiger partial charge in [-0.05, 0) is 13.8 Å². The Kier molecular flexibility index (Phi) is 6.06. The summed E-state index contributed by atoms with van der Waals surface area (Å²) >= 11 is 0. The summed E-state index contributed by atoms with van der Waals surface area (Å²) in [4.78, 5) is 71.8. The highest BCUT2D eigenvalue weighted by atomic mass is 16.6. The summed E-state index contributed by atoms with van der Waals surface area (Å²) in [5.74, 6) is -3.30. The number of nitrogens with zero attached hydrogens (tertiary/aromatic N) is 2. The first-order valence-electron chi connectivity index (χ1n) is 8.27. The first-order valence-corrected chi connectivity index (χ1v) is 8.27. The molecule has 0 N–H and O–H groups in total. The number of amides is 4. The molecule has 4 amide bonds. The molecular weight excluding hydrogens is 348 g/mol. The second-order valence-electron chi connectivity index (χ2n) is 6.00. The van der Waals surface area contributed by atoms with Crippen LogP contribution in [0.5, 0.6) is 0 Å². The molecule has 0 aromatic heterocycles. The lowest BCUT2D eigenvalue weighted by Gasteiger charge is -2.22. The van der Waals surface area contributed by atoms with Gasteiger partial charge in [0.1, 0.15) is 25.3 Å². The van der Waals surface area contributed by atoms with Crippen LogP contribution in [-0.2, 0) is 38.2 Å². The number of rotatable bonds is 7. The summed E-state index contributed by atoms with van der Waals surface area (Å²) in [6.45, 7) is 2.20. The van der Waals surface area contributed by atoms with E-state index in [0.29, 0.717) is 0 Å². The quantitative estimate of drug-likeness (QED) is 0.323. The lowest BCUT2D eigenvalue weighted by Crippen LogP contribution is -2.44. The van der Waals surface area contributed by atoms with Crippen LogP contribution < -0.4 is 0 Å². The van der Waals surface area contributed by atoms with E-state index in [2.05, 4.69) is 0 Å². The Hall–Kier alpha value is -2.78. The molecule has 2 fully saturated rings. The monoisotopic (exact) mass is 368 g/mol. The van der Waals surface area contributed by atoms with Crippen LogP contribution in [0.3, 0.4) is 0 Å². The van der Waals surface area contributed by atoms with Gasteiger partial charge in [0, 0.05) is 25.7 Å².